The van der Waals surface area contributed by atoms with Crippen molar-refractivity contribution in [2.24, 2.45) is 0 Å². The van der Waals surface area contributed by atoms with Gasteiger partial charge in [-0.3, -0.25) is 4.68 Å². The lowest BCUT2D eigenvalue weighted by Crippen LogP contribution is -2.08. The van der Waals surface area contributed by atoms with Gasteiger partial charge in [-0.05, 0) is 42.8 Å². The van der Waals surface area contributed by atoms with E-state index in [9.17, 15) is 4.79 Å². The normalized spacial score (nSPS) is 10.3. The van der Waals surface area contributed by atoms with E-state index in [-0.39, 0.29) is 12.3 Å². The molecular formula is C21H19N3O3. The molecule has 0 fully saturated rings. The van der Waals surface area contributed by atoms with Gasteiger partial charge in [0.05, 0.1) is 37.6 Å². The molecule has 6 heteroatoms. The van der Waals surface area contributed by atoms with E-state index >= 15 is 0 Å². The summed E-state index contributed by atoms with van der Waals surface area (Å²) in [6.07, 6.45) is 0. The number of nitrogens with zero attached hydrogens (tertiary/aromatic N) is 3. The largest absolute Gasteiger partial charge is 0.497 e. The van der Waals surface area contributed by atoms with Crippen LogP contribution < -0.4 is 4.74 Å². The highest BCUT2D eigenvalue weighted by Crippen LogP contribution is 2.24. The Balaban J connectivity index is 2.01. The van der Waals surface area contributed by atoms with Gasteiger partial charge in [0.25, 0.3) is 0 Å². The Bertz CT molecular complexity index is 985. The second-order valence-electron chi connectivity index (χ2n) is 5.83. The van der Waals surface area contributed by atoms with Crippen LogP contribution in [0.4, 0.5) is 0 Å². The third-order valence-corrected chi connectivity index (χ3v) is 4.04. The lowest BCUT2D eigenvalue weighted by atomic mass is 10.1. The maximum atomic E-state index is 12.1. The van der Waals surface area contributed by atoms with Crippen molar-refractivity contribution in [2.45, 2.75) is 13.5 Å². The molecule has 0 amide bonds. The molecule has 0 saturated heterocycles. The van der Waals surface area contributed by atoms with E-state index in [4.69, 9.17) is 14.7 Å². The van der Waals surface area contributed by atoms with Crippen LogP contribution in [0.1, 0.15) is 28.5 Å². The average Bonchev–Trinajstić information content (AvgIpc) is 3.13. The van der Waals surface area contributed by atoms with Gasteiger partial charge in [0, 0.05) is 5.56 Å². The fourth-order valence-electron chi connectivity index (χ4n) is 2.73. The molecule has 6 nitrogen and oxygen atoms in total. The zero-order chi connectivity index (χ0) is 19.2. The summed E-state index contributed by atoms with van der Waals surface area (Å²) in [5.41, 5.74) is 3.34. The molecule has 0 bridgehead atoms. The number of hydrogen-bond acceptors (Lipinski definition) is 5. The van der Waals surface area contributed by atoms with Gasteiger partial charge in [-0.25, -0.2) is 4.79 Å². The number of esters is 1. The van der Waals surface area contributed by atoms with Crippen molar-refractivity contribution in [3.05, 3.63) is 71.4 Å². The van der Waals surface area contributed by atoms with E-state index in [0.717, 1.165) is 22.6 Å². The summed E-state index contributed by atoms with van der Waals surface area (Å²) < 4.78 is 12.0. The Labute approximate surface area is 157 Å². The number of carbonyl (C=O) groups is 1. The minimum absolute atomic E-state index is 0.239. The van der Waals surface area contributed by atoms with E-state index in [0.29, 0.717) is 12.1 Å². The van der Waals surface area contributed by atoms with Gasteiger partial charge in [-0.15, -0.1) is 0 Å². The number of methoxy groups -OCH3 is 1. The van der Waals surface area contributed by atoms with E-state index in [1.165, 1.54) is 0 Å². The molecule has 0 unspecified atom stereocenters. The summed E-state index contributed by atoms with van der Waals surface area (Å²) in [5.74, 6) is 0.303. The quantitative estimate of drug-likeness (QED) is 0.626. The minimum Gasteiger partial charge on any atom is -0.497 e. The average molecular weight is 361 g/mol. The molecule has 3 rings (SSSR count). The van der Waals surface area contributed by atoms with Gasteiger partial charge in [0.1, 0.15) is 5.75 Å². The first kappa shape index (κ1) is 18.2. The van der Waals surface area contributed by atoms with Crippen LogP contribution in [0.5, 0.6) is 5.75 Å². The predicted octanol–water partition coefficient (Wildman–Crippen LogP) is 3.66. The fourth-order valence-corrected chi connectivity index (χ4v) is 2.73. The number of hydrogen-bond donors (Lipinski definition) is 0. The molecule has 0 N–H and O–H groups in total. The molecule has 0 saturated carbocycles. The highest BCUT2D eigenvalue weighted by atomic mass is 16.5. The Morgan fingerprint density at radius 2 is 1.96 bits per heavy atom. The van der Waals surface area contributed by atoms with Gasteiger partial charge >= 0.3 is 5.97 Å². The van der Waals surface area contributed by atoms with Crippen LogP contribution in [0.2, 0.25) is 0 Å². The Kier molecular flexibility index (Phi) is 5.53. The molecule has 0 atom stereocenters. The summed E-state index contributed by atoms with van der Waals surface area (Å²) in [7, 11) is 1.62. The van der Waals surface area contributed by atoms with Crippen molar-refractivity contribution >= 4 is 5.97 Å². The Hall–Kier alpha value is -3.59. The monoisotopic (exact) mass is 361 g/mol. The summed E-state index contributed by atoms with van der Waals surface area (Å²) >= 11 is 0. The lowest BCUT2D eigenvalue weighted by molar-refractivity contribution is 0.0518. The third-order valence-electron chi connectivity index (χ3n) is 4.04. The highest BCUT2D eigenvalue weighted by molar-refractivity contribution is 5.88. The van der Waals surface area contributed by atoms with Gasteiger partial charge in [-0.2, -0.15) is 10.4 Å². The summed E-state index contributed by atoms with van der Waals surface area (Å²) in [5, 5.41) is 13.6. The molecular weight excluding hydrogens is 342 g/mol. The van der Waals surface area contributed by atoms with E-state index < -0.39 is 5.97 Å². The second kappa shape index (κ2) is 8.19. The van der Waals surface area contributed by atoms with Crippen LogP contribution in [0.15, 0.2) is 54.6 Å². The van der Waals surface area contributed by atoms with Crippen LogP contribution in [0, 0.1) is 11.3 Å². The van der Waals surface area contributed by atoms with Gasteiger partial charge < -0.3 is 9.47 Å². The predicted molar refractivity (Wildman–Crippen MR) is 100 cm³/mol. The standard InChI is InChI=1S/C21H19N3O3/c1-3-27-21(25)19-12-20(17-6-4-5-16(11-17)13-22)24(23-19)14-15-7-9-18(26-2)10-8-15/h4-12H,3,14H2,1-2H3. The number of aromatic nitrogens is 2. The Morgan fingerprint density at radius 3 is 2.63 bits per heavy atom. The van der Waals surface area contributed by atoms with Crippen molar-refractivity contribution in [2.75, 3.05) is 13.7 Å². The molecule has 27 heavy (non-hydrogen) atoms. The maximum absolute atomic E-state index is 12.1. The summed E-state index contributed by atoms with van der Waals surface area (Å²) in [6, 6.07) is 18.7. The minimum atomic E-state index is -0.469. The van der Waals surface area contributed by atoms with Gasteiger partial charge in [0.2, 0.25) is 0 Å². The van der Waals surface area contributed by atoms with Crippen LogP contribution in [0.3, 0.4) is 0 Å². The smallest absolute Gasteiger partial charge is 0.358 e. The molecule has 136 valence electrons. The molecule has 2 aromatic carbocycles. The lowest BCUT2D eigenvalue weighted by Gasteiger charge is -2.09. The van der Waals surface area contributed by atoms with E-state index in [2.05, 4.69) is 11.2 Å². The first-order valence-electron chi connectivity index (χ1n) is 8.53. The number of carbonyl (C=O) groups excluding carboxylic acids is 1. The molecule has 1 aromatic heterocycles. The van der Waals surface area contributed by atoms with Crippen LogP contribution in [0.25, 0.3) is 11.3 Å². The molecule has 3 aromatic rings. The van der Waals surface area contributed by atoms with Gasteiger partial charge in [-0.1, -0.05) is 24.3 Å². The summed E-state index contributed by atoms with van der Waals surface area (Å²) in [4.78, 5) is 12.1. The van der Waals surface area contributed by atoms with Crippen LogP contribution in [-0.2, 0) is 11.3 Å². The topological polar surface area (TPSA) is 77.1 Å². The third kappa shape index (κ3) is 4.15. The number of rotatable bonds is 6. The van der Waals surface area contributed by atoms with Crippen molar-refractivity contribution in [3.63, 3.8) is 0 Å². The first-order chi connectivity index (χ1) is 13.1. The molecule has 0 aliphatic heterocycles. The number of ether oxygens (including phenoxy) is 2. The zero-order valence-electron chi connectivity index (χ0n) is 15.2. The van der Waals surface area contributed by atoms with Crippen LogP contribution in [-0.4, -0.2) is 29.5 Å². The molecule has 0 aliphatic carbocycles. The highest BCUT2D eigenvalue weighted by Gasteiger charge is 2.17. The molecule has 0 aliphatic rings. The molecule has 0 radical (unpaired) electrons. The summed E-state index contributed by atoms with van der Waals surface area (Å²) in [6.45, 7) is 2.50. The number of nitriles is 1. The molecule has 0 spiro atoms. The van der Waals surface area contributed by atoms with Crippen LogP contribution >= 0.6 is 0 Å². The van der Waals surface area contributed by atoms with E-state index in [1.54, 1.807) is 36.9 Å². The first-order valence-corrected chi connectivity index (χ1v) is 8.53. The van der Waals surface area contributed by atoms with Crippen molar-refractivity contribution in [1.82, 2.24) is 9.78 Å². The van der Waals surface area contributed by atoms with E-state index in [1.807, 2.05) is 36.4 Å². The Morgan fingerprint density at radius 1 is 1.19 bits per heavy atom. The number of benzene rings is 2. The van der Waals surface area contributed by atoms with Crippen molar-refractivity contribution < 1.29 is 14.3 Å². The van der Waals surface area contributed by atoms with Crippen molar-refractivity contribution in [3.8, 4) is 23.1 Å². The molecule has 1 heterocycles. The van der Waals surface area contributed by atoms with Crippen molar-refractivity contribution in [1.29, 1.82) is 5.26 Å². The van der Waals surface area contributed by atoms with Gasteiger partial charge in [0.15, 0.2) is 5.69 Å². The second-order valence-corrected chi connectivity index (χ2v) is 5.83. The SMILES string of the molecule is CCOC(=O)c1cc(-c2cccc(C#N)c2)n(Cc2ccc(OC)cc2)n1. The fraction of sp³-hybridized carbons (Fsp3) is 0.190. The maximum Gasteiger partial charge on any atom is 0.358 e. The zero-order valence-corrected chi connectivity index (χ0v) is 15.2.